The number of aromatic nitrogens is 2. The van der Waals surface area contributed by atoms with Crippen molar-refractivity contribution in [2.75, 3.05) is 5.75 Å². The van der Waals surface area contributed by atoms with Gasteiger partial charge in [0.1, 0.15) is 11.9 Å². The number of carbonyl (C=O) groups excluding carboxylic acids is 2. The maximum Gasteiger partial charge on any atom is 0.279 e. The molecule has 1 aliphatic rings. The fraction of sp³-hybridized carbons (Fsp3) is 0.400. The van der Waals surface area contributed by atoms with Gasteiger partial charge in [-0.05, 0) is 18.1 Å². The van der Waals surface area contributed by atoms with Gasteiger partial charge in [0.15, 0.2) is 0 Å². The van der Waals surface area contributed by atoms with Gasteiger partial charge in [0.2, 0.25) is 5.91 Å². The summed E-state index contributed by atoms with van der Waals surface area (Å²) >= 11 is 1.13. The Balaban J connectivity index is 1.80. The van der Waals surface area contributed by atoms with E-state index in [1.807, 2.05) is 38.1 Å². The fourth-order valence-corrected chi connectivity index (χ4v) is 3.23. The number of hydrogen-bond donors (Lipinski definition) is 3. The minimum absolute atomic E-state index is 0.148. The van der Waals surface area contributed by atoms with E-state index >= 15 is 0 Å². The summed E-state index contributed by atoms with van der Waals surface area (Å²) in [6.45, 7) is 4.06. The van der Waals surface area contributed by atoms with Crippen LogP contribution in [0.1, 0.15) is 25.7 Å². The van der Waals surface area contributed by atoms with Crippen molar-refractivity contribution in [3.63, 3.8) is 0 Å². The molecule has 1 aliphatic heterocycles. The number of benzene rings is 1. The molecule has 1 aromatic heterocycles. The zero-order valence-electron chi connectivity index (χ0n) is 12.4. The summed E-state index contributed by atoms with van der Waals surface area (Å²) in [4.78, 5) is 31.4. The van der Waals surface area contributed by atoms with Crippen LogP contribution in [0.15, 0.2) is 24.3 Å². The van der Waals surface area contributed by atoms with E-state index in [0.29, 0.717) is 5.75 Å². The lowest BCUT2D eigenvalue weighted by Crippen LogP contribution is -2.45. The average molecular weight is 318 g/mol. The summed E-state index contributed by atoms with van der Waals surface area (Å²) in [5.41, 5.74) is 1.82. The number of aromatic amines is 1. The Morgan fingerprint density at radius 1 is 1.41 bits per heavy atom. The first-order chi connectivity index (χ1) is 10.5. The highest BCUT2D eigenvalue weighted by atomic mass is 32.2. The topological polar surface area (TPSA) is 86.9 Å². The maximum atomic E-state index is 12.3. The van der Waals surface area contributed by atoms with Crippen molar-refractivity contribution < 1.29 is 9.59 Å². The largest absolute Gasteiger partial charge is 0.344 e. The lowest BCUT2D eigenvalue weighted by atomic mass is 10.0. The molecule has 2 heterocycles. The van der Waals surface area contributed by atoms with Crippen LogP contribution in [0.5, 0.6) is 0 Å². The van der Waals surface area contributed by atoms with Gasteiger partial charge in [-0.25, -0.2) is 4.98 Å². The molecule has 0 radical (unpaired) electrons. The Morgan fingerprint density at radius 3 is 2.82 bits per heavy atom. The second-order valence-corrected chi connectivity index (χ2v) is 6.66. The average Bonchev–Trinajstić information content (AvgIpc) is 3.09. The number of amides is 2. The zero-order valence-corrected chi connectivity index (χ0v) is 13.2. The molecule has 2 aromatic rings. The van der Waals surface area contributed by atoms with E-state index in [2.05, 4.69) is 20.6 Å². The predicted octanol–water partition coefficient (Wildman–Crippen LogP) is 2.20. The van der Waals surface area contributed by atoms with Crippen molar-refractivity contribution in [2.45, 2.75) is 25.9 Å². The molecule has 2 atom stereocenters. The van der Waals surface area contributed by atoms with Gasteiger partial charge in [0, 0.05) is 5.75 Å². The molecule has 6 nitrogen and oxygen atoms in total. The maximum absolute atomic E-state index is 12.3. The molecule has 1 aromatic carbocycles. The molecule has 0 bridgehead atoms. The molecule has 3 rings (SSSR count). The van der Waals surface area contributed by atoms with Gasteiger partial charge in [0.05, 0.1) is 17.1 Å². The third-order valence-corrected chi connectivity index (χ3v) is 4.54. The van der Waals surface area contributed by atoms with Crippen molar-refractivity contribution in [2.24, 2.45) is 5.92 Å². The smallest absolute Gasteiger partial charge is 0.279 e. The number of imidazole rings is 1. The van der Waals surface area contributed by atoms with Crippen molar-refractivity contribution in [1.82, 2.24) is 20.6 Å². The number of carbonyl (C=O) groups is 2. The van der Waals surface area contributed by atoms with Gasteiger partial charge in [-0.15, -0.1) is 0 Å². The highest BCUT2D eigenvalue weighted by Gasteiger charge is 2.31. The van der Waals surface area contributed by atoms with E-state index in [1.165, 1.54) is 0 Å². The molecule has 1 saturated heterocycles. The SMILES string of the molecule is CC(C)[C@H](NC(=O)[C@H]1CSC(=O)N1)c1nc2ccccc2[nH]1. The van der Waals surface area contributed by atoms with Gasteiger partial charge in [-0.3, -0.25) is 9.59 Å². The number of rotatable bonds is 4. The number of thioether (sulfide) groups is 1. The number of H-pyrrole nitrogens is 1. The fourth-order valence-electron chi connectivity index (χ4n) is 2.45. The van der Waals surface area contributed by atoms with Gasteiger partial charge < -0.3 is 15.6 Å². The van der Waals surface area contributed by atoms with Crippen LogP contribution in [0.25, 0.3) is 11.0 Å². The van der Waals surface area contributed by atoms with E-state index in [-0.39, 0.29) is 23.1 Å². The first-order valence-corrected chi connectivity index (χ1v) is 8.21. The molecule has 0 spiro atoms. The van der Waals surface area contributed by atoms with Gasteiger partial charge in [-0.2, -0.15) is 0 Å². The molecule has 2 amide bonds. The summed E-state index contributed by atoms with van der Waals surface area (Å²) in [6.07, 6.45) is 0. The molecule has 0 aliphatic carbocycles. The van der Waals surface area contributed by atoms with Crippen LogP contribution in [-0.4, -0.2) is 32.9 Å². The van der Waals surface area contributed by atoms with Crippen LogP contribution >= 0.6 is 11.8 Å². The molecule has 0 unspecified atom stereocenters. The third-order valence-electron chi connectivity index (χ3n) is 3.66. The molecule has 116 valence electrons. The standard InChI is InChI=1S/C15H18N4O2S/c1-8(2)12(19-14(20)11-7-22-15(21)18-11)13-16-9-5-3-4-6-10(9)17-13/h3-6,8,11-12H,7H2,1-2H3,(H,16,17)(H,18,21)(H,19,20)/t11-,12+/m1/s1. The summed E-state index contributed by atoms with van der Waals surface area (Å²) in [6, 6.07) is 7.08. The lowest BCUT2D eigenvalue weighted by molar-refractivity contribution is -0.123. The Bertz CT molecular complexity index is 679. The Hall–Kier alpha value is -2.02. The number of nitrogens with one attached hydrogen (secondary N) is 3. The second kappa shape index (κ2) is 6.00. The normalized spacial score (nSPS) is 19.4. The van der Waals surface area contributed by atoms with Gasteiger partial charge in [0.25, 0.3) is 5.24 Å². The first kappa shape index (κ1) is 14.9. The van der Waals surface area contributed by atoms with Crippen LogP contribution in [0.3, 0.4) is 0 Å². The minimum Gasteiger partial charge on any atom is -0.344 e. The molecule has 7 heteroatoms. The minimum atomic E-state index is -0.469. The Morgan fingerprint density at radius 2 is 2.18 bits per heavy atom. The van der Waals surface area contributed by atoms with E-state index in [0.717, 1.165) is 28.6 Å². The highest BCUT2D eigenvalue weighted by molar-refractivity contribution is 8.14. The van der Waals surface area contributed by atoms with E-state index in [9.17, 15) is 9.59 Å². The van der Waals surface area contributed by atoms with Crippen LogP contribution in [0, 0.1) is 5.92 Å². The number of para-hydroxylation sites is 2. The lowest BCUT2D eigenvalue weighted by Gasteiger charge is -2.22. The Kier molecular flexibility index (Phi) is 4.06. The summed E-state index contributed by atoms with van der Waals surface area (Å²) in [5.74, 6) is 1.21. The van der Waals surface area contributed by atoms with E-state index in [4.69, 9.17) is 0 Å². The summed E-state index contributed by atoms with van der Waals surface area (Å²) < 4.78 is 0. The quantitative estimate of drug-likeness (QED) is 0.806. The van der Waals surface area contributed by atoms with Crippen LogP contribution in [-0.2, 0) is 4.79 Å². The van der Waals surface area contributed by atoms with Crippen LogP contribution in [0.4, 0.5) is 4.79 Å². The molecule has 3 N–H and O–H groups in total. The third kappa shape index (κ3) is 2.94. The highest BCUT2D eigenvalue weighted by Crippen LogP contribution is 2.23. The van der Waals surface area contributed by atoms with Crippen molar-refractivity contribution in [3.8, 4) is 0 Å². The number of hydrogen-bond acceptors (Lipinski definition) is 4. The molecule has 22 heavy (non-hydrogen) atoms. The van der Waals surface area contributed by atoms with Crippen molar-refractivity contribution in [1.29, 1.82) is 0 Å². The molecule has 1 fully saturated rings. The van der Waals surface area contributed by atoms with E-state index < -0.39 is 6.04 Å². The second-order valence-electron chi connectivity index (χ2n) is 5.66. The molecular formula is C15H18N4O2S. The van der Waals surface area contributed by atoms with Crippen LogP contribution in [0.2, 0.25) is 0 Å². The van der Waals surface area contributed by atoms with Gasteiger partial charge >= 0.3 is 0 Å². The molecule has 0 saturated carbocycles. The number of nitrogens with zero attached hydrogens (tertiary/aromatic N) is 1. The first-order valence-electron chi connectivity index (χ1n) is 7.23. The summed E-state index contributed by atoms with van der Waals surface area (Å²) in [5, 5.41) is 5.50. The molecular weight excluding hydrogens is 300 g/mol. The summed E-state index contributed by atoms with van der Waals surface area (Å²) in [7, 11) is 0. The zero-order chi connectivity index (χ0) is 15.7. The van der Waals surface area contributed by atoms with Crippen molar-refractivity contribution in [3.05, 3.63) is 30.1 Å². The van der Waals surface area contributed by atoms with Crippen molar-refractivity contribution >= 4 is 33.9 Å². The van der Waals surface area contributed by atoms with Crippen LogP contribution < -0.4 is 10.6 Å². The monoisotopic (exact) mass is 318 g/mol. The van der Waals surface area contributed by atoms with E-state index in [1.54, 1.807) is 0 Å². The Labute approximate surface area is 132 Å². The number of fused-ring (bicyclic) bond motifs is 1. The van der Waals surface area contributed by atoms with Gasteiger partial charge in [-0.1, -0.05) is 37.7 Å². The predicted molar refractivity (Wildman–Crippen MR) is 86.6 cm³/mol.